The maximum atomic E-state index is 12.3. The normalized spacial score (nSPS) is 21.4. The number of anilines is 1. The van der Waals surface area contributed by atoms with Crippen LogP contribution in [0.3, 0.4) is 0 Å². The average Bonchev–Trinajstić information content (AvgIpc) is 3.32. The molecular formula is C20H32N6O4. The molecule has 10 heteroatoms. The van der Waals surface area contributed by atoms with E-state index < -0.39 is 24.1 Å². The summed E-state index contributed by atoms with van der Waals surface area (Å²) in [6.07, 6.45) is 9.64. The summed E-state index contributed by atoms with van der Waals surface area (Å²) in [6, 6.07) is 0. The van der Waals surface area contributed by atoms with E-state index in [0.717, 1.165) is 18.5 Å². The van der Waals surface area contributed by atoms with Crippen LogP contribution in [0.15, 0.2) is 17.2 Å². The molecule has 30 heavy (non-hydrogen) atoms. The summed E-state index contributed by atoms with van der Waals surface area (Å²) >= 11 is 0. The highest BCUT2D eigenvalue weighted by molar-refractivity contribution is 5.36. The van der Waals surface area contributed by atoms with E-state index in [2.05, 4.69) is 22.2 Å². The Hall–Kier alpha value is -2.30. The number of nitrogens with two attached hydrogens (primary N) is 1. The lowest BCUT2D eigenvalue weighted by Crippen LogP contribution is -2.29. The van der Waals surface area contributed by atoms with Crippen molar-refractivity contribution >= 4 is 5.82 Å². The molecule has 2 aromatic rings. The quantitative estimate of drug-likeness (QED) is 0.457. The van der Waals surface area contributed by atoms with Crippen LogP contribution in [0.4, 0.5) is 5.82 Å². The SMILES string of the molecule is CCCCCCCCc1cn(Cc2cn([C@H]3C[C@H](O)[C@@H](CO)O3)c(=O)nc2N)nn1. The smallest absolute Gasteiger partial charge is 0.351 e. The van der Waals surface area contributed by atoms with Crippen molar-refractivity contribution in [2.75, 3.05) is 12.3 Å². The van der Waals surface area contributed by atoms with Gasteiger partial charge in [0.25, 0.3) is 0 Å². The number of hydrogen-bond acceptors (Lipinski definition) is 8. The summed E-state index contributed by atoms with van der Waals surface area (Å²) in [5.74, 6) is 0.126. The van der Waals surface area contributed by atoms with Gasteiger partial charge in [-0.25, -0.2) is 9.48 Å². The molecule has 0 aromatic carbocycles. The fraction of sp³-hybridized carbons (Fsp3) is 0.700. The van der Waals surface area contributed by atoms with E-state index in [9.17, 15) is 15.0 Å². The Bertz CT molecular complexity index is 867. The first kappa shape index (κ1) is 22.4. The van der Waals surface area contributed by atoms with Crippen molar-refractivity contribution in [1.82, 2.24) is 24.5 Å². The molecule has 1 fully saturated rings. The molecule has 4 N–H and O–H groups in total. The Labute approximate surface area is 175 Å². The zero-order valence-corrected chi connectivity index (χ0v) is 17.5. The number of aliphatic hydroxyl groups excluding tert-OH is 2. The van der Waals surface area contributed by atoms with Crippen molar-refractivity contribution in [3.05, 3.63) is 34.1 Å². The first-order chi connectivity index (χ1) is 14.5. The summed E-state index contributed by atoms with van der Waals surface area (Å²) < 4.78 is 8.55. The Morgan fingerprint density at radius 3 is 2.73 bits per heavy atom. The van der Waals surface area contributed by atoms with Crippen LogP contribution in [0.25, 0.3) is 0 Å². The van der Waals surface area contributed by atoms with Crippen molar-refractivity contribution in [3.63, 3.8) is 0 Å². The second-order valence-electron chi connectivity index (χ2n) is 7.88. The highest BCUT2D eigenvalue weighted by atomic mass is 16.5. The largest absolute Gasteiger partial charge is 0.394 e. The molecule has 0 spiro atoms. The van der Waals surface area contributed by atoms with Gasteiger partial charge in [0.2, 0.25) is 0 Å². The summed E-state index contributed by atoms with van der Waals surface area (Å²) in [5.41, 5.74) is 6.92. The molecule has 1 aliphatic rings. The molecular weight excluding hydrogens is 388 g/mol. The van der Waals surface area contributed by atoms with Crippen LogP contribution >= 0.6 is 0 Å². The molecule has 3 atom stereocenters. The third-order valence-corrected chi connectivity index (χ3v) is 5.46. The molecule has 3 rings (SSSR count). The topological polar surface area (TPSA) is 141 Å². The molecule has 1 aliphatic heterocycles. The fourth-order valence-corrected chi connectivity index (χ4v) is 3.69. The van der Waals surface area contributed by atoms with Gasteiger partial charge in [-0.2, -0.15) is 4.98 Å². The molecule has 0 bridgehead atoms. The number of nitrogens with zero attached hydrogens (tertiary/aromatic N) is 5. The van der Waals surface area contributed by atoms with Crippen LogP contribution in [0.2, 0.25) is 0 Å². The van der Waals surface area contributed by atoms with E-state index in [1.165, 1.54) is 36.7 Å². The first-order valence-electron chi connectivity index (χ1n) is 10.7. The van der Waals surface area contributed by atoms with Crippen LogP contribution in [-0.2, 0) is 17.7 Å². The second-order valence-corrected chi connectivity index (χ2v) is 7.88. The Morgan fingerprint density at radius 1 is 1.23 bits per heavy atom. The van der Waals surface area contributed by atoms with Gasteiger partial charge in [0.15, 0.2) is 0 Å². The molecule has 3 heterocycles. The molecule has 10 nitrogen and oxygen atoms in total. The van der Waals surface area contributed by atoms with Crippen molar-refractivity contribution in [1.29, 1.82) is 0 Å². The predicted octanol–water partition coefficient (Wildman–Crippen LogP) is 1.01. The zero-order chi connectivity index (χ0) is 21.5. The summed E-state index contributed by atoms with van der Waals surface area (Å²) in [7, 11) is 0. The Kier molecular flexibility index (Phi) is 7.94. The standard InChI is InChI=1S/C20H32N6O4/c1-2-3-4-5-6-7-8-15-12-25(24-23-15)10-14-11-26(20(29)22-19(14)21)18-9-16(28)17(13-27)30-18/h11-12,16-18,27-28H,2-10,13H2,1H3,(H2,21,22,29)/t16-,17+,18+/m0/s1. The van der Waals surface area contributed by atoms with Gasteiger partial charge in [-0.05, 0) is 12.8 Å². The fourth-order valence-electron chi connectivity index (χ4n) is 3.69. The summed E-state index contributed by atoms with van der Waals surface area (Å²) in [6.45, 7) is 2.21. The van der Waals surface area contributed by atoms with Gasteiger partial charge in [-0.3, -0.25) is 4.57 Å². The third kappa shape index (κ3) is 5.65. The minimum atomic E-state index is -0.840. The molecule has 0 radical (unpaired) electrons. The minimum Gasteiger partial charge on any atom is -0.394 e. The molecule has 166 valence electrons. The van der Waals surface area contributed by atoms with E-state index >= 15 is 0 Å². The van der Waals surface area contributed by atoms with Gasteiger partial charge in [0.05, 0.1) is 24.9 Å². The monoisotopic (exact) mass is 420 g/mol. The summed E-state index contributed by atoms with van der Waals surface area (Å²) in [4.78, 5) is 16.1. The third-order valence-electron chi connectivity index (χ3n) is 5.46. The van der Waals surface area contributed by atoms with Crippen LogP contribution < -0.4 is 11.4 Å². The number of ether oxygens (including phenoxy) is 1. The van der Waals surface area contributed by atoms with Crippen LogP contribution in [0.1, 0.15) is 69.4 Å². The highest BCUT2D eigenvalue weighted by Crippen LogP contribution is 2.27. The maximum absolute atomic E-state index is 12.3. The van der Waals surface area contributed by atoms with Gasteiger partial charge < -0.3 is 20.7 Å². The number of rotatable bonds is 11. The number of nitrogen functional groups attached to an aromatic ring is 1. The van der Waals surface area contributed by atoms with Gasteiger partial charge in [-0.15, -0.1) is 5.10 Å². The number of aromatic nitrogens is 5. The second kappa shape index (κ2) is 10.6. The Morgan fingerprint density at radius 2 is 2.00 bits per heavy atom. The Balaban J connectivity index is 1.62. The van der Waals surface area contributed by atoms with E-state index in [1.807, 2.05) is 6.20 Å². The molecule has 0 saturated carbocycles. The lowest BCUT2D eigenvalue weighted by molar-refractivity contribution is -0.0459. The molecule has 2 aromatic heterocycles. The van der Waals surface area contributed by atoms with Gasteiger partial charge in [0.1, 0.15) is 18.1 Å². The molecule has 0 unspecified atom stereocenters. The van der Waals surface area contributed by atoms with Crippen molar-refractivity contribution in [2.45, 2.75) is 83.3 Å². The van der Waals surface area contributed by atoms with E-state index in [-0.39, 0.29) is 18.8 Å². The lowest BCUT2D eigenvalue weighted by atomic mass is 10.1. The van der Waals surface area contributed by atoms with Gasteiger partial charge in [-0.1, -0.05) is 44.2 Å². The lowest BCUT2D eigenvalue weighted by Gasteiger charge is -2.16. The zero-order valence-electron chi connectivity index (χ0n) is 17.5. The molecule has 1 saturated heterocycles. The molecule has 0 aliphatic carbocycles. The van der Waals surface area contributed by atoms with Crippen LogP contribution in [0, 0.1) is 0 Å². The van der Waals surface area contributed by atoms with Crippen LogP contribution in [0.5, 0.6) is 0 Å². The highest BCUT2D eigenvalue weighted by Gasteiger charge is 2.35. The number of aliphatic hydroxyl groups is 2. The summed E-state index contributed by atoms with van der Waals surface area (Å²) in [5, 5.41) is 27.6. The number of aryl methyl sites for hydroxylation is 1. The van der Waals surface area contributed by atoms with Crippen molar-refractivity contribution in [3.8, 4) is 0 Å². The molecule has 0 amide bonds. The number of unbranched alkanes of at least 4 members (excludes halogenated alkanes) is 5. The minimum absolute atomic E-state index is 0.126. The van der Waals surface area contributed by atoms with E-state index in [0.29, 0.717) is 12.1 Å². The van der Waals surface area contributed by atoms with Crippen molar-refractivity contribution < 1.29 is 14.9 Å². The average molecular weight is 421 g/mol. The van der Waals surface area contributed by atoms with E-state index in [1.54, 1.807) is 10.9 Å². The van der Waals surface area contributed by atoms with Gasteiger partial charge >= 0.3 is 5.69 Å². The predicted molar refractivity (Wildman–Crippen MR) is 111 cm³/mol. The number of hydrogen-bond donors (Lipinski definition) is 3. The van der Waals surface area contributed by atoms with Crippen LogP contribution in [-0.4, -0.2) is 53.6 Å². The van der Waals surface area contributed by atoms with Crippen molar-refractivity contribution in [2.24, 2.45) is 0 Å². The maximum Gasteiger partial charge on any atom is 0.351 e. The first-order valence-corrected chi connectivity index (χ1v) is 10.7. The van der Waals surface area contributed by atoms with Gasteiger partial charge in [0, 0.05) is 24.4 Å². The van der Waals surface area contributed by atoms with E-state index in [4.69, 9.17) is 10.5 Å².